The van der Waals surface area contributed by atoms with Crippen LogP contribution in [0.15, 0.2) is 48.5 Å². The molecule has 1 heteroatoms. The number of aryl methyl sites for hydroxylation is 1. The molecular weight excluding hydrogens is 218 g/mol. The molecule has 92 valence electrons. The topological polar surface area (TPSA) is 3.24 Å². The van der Waals surface area contributed by atoms with E-state index in [9.17, 15) is 0 Å². The van der Waals surface area contributed by atoms with Gasteiger partial charge in [0.1, 0.15) is 0 Å². The summed E-state index contributed by atoms with van der Waals surface area (Å²) in [5.74, 6) is 0. The Morgan fingerprint density at radius 1 is 1.00 bits per heavy atom. The van der Waals surface area contributed by atoms with Crippen LogP contribution in [0.2, 0.25) is 0 Å². The van der Waals surface area contributed by atoms with Gasteiger partial charge in [0.15, 0.2) is 0 Å². The minimum Gasteiger partial charge on any atom is -0.294 e. The molecule has 0 spiro atoms. The van der Waals surface area contributed by atoms with Gasteiger partial charge in [-0.2, -0.15) is 0 Å². The summed E-state index contributed by atoms with van der Waals surface area (Å²) in [5.41, 5.74) is 5.83. The predicted molar refractivity (Wildman–Crippen MR) is 75.4 cm³/mol. The van der Waals surface area contributed by atoms with Crippen LogP contribution < -0.4 is 0 Å². The SMILES string of the molecule is Cc1ccc2c(c1)CCN(Cc1ccccc1)C2. The predicted octanol–water partition coefficient (Wildman–Crippen LogP) is 3.55. The van der Waals surface area contributed by atoms with Crippen LogP contribution in [0, 0.1) is 6.92 Å². The first-order valence-electron chi connectivity index (χ1n) is 6.66. The number of hydrogen-bond acceptors (Lipinski definition) is 1. The van der Waals surface area contributed by atoms with Gasteiger partial charge < -0.3 is 0 Å². The van der Waals surface area contributed by atoms with Crippen LogP contribution in [-0.2, 0) is 19.5 Å². The van der Waals surface area contributed by atoms with Gasteiger partial charge in [0.25, 0.3) is 0 Å². The van der Waals surface area contributed by atoms with Crippen molar-refractivity contribution in [3.05, 3.63) is 70.8 Å². The molecule has 0 saturated heterocycles. The van der Waals surface area contributed by atoms with Crippen LogP contribution >= 0.6 is 0 Å². The van der Waals surface area contributed by atoms with Crippen molar-refractivity contribution >= 4 is 0 Å². The van der Waals surface area contributed by atoms with E-state index in [2.05, 4.69) is 60.4 Å². The first-order valence-corrected chi connectivity index (χ1v) is 6.66. The molecule has 1 nitrogen and oxygen atoms in total. The summed E-state index contributed by atoms with van der Waals surface area (Å²) < 4.78 is 0. The van der Waals surface area contributed by atoms with Gasteiger partial charge in [-0.25, -0.2) is 0 Å². The molecule has 2 aromatic carbocycles. The first-order chi connectivity index (χ1) is 8.81. The Labute approximate surface area is 109 Å². The van der Waals surface area contributed by atoms with Crippen molar-refractivity contribution in [3.8, 4) is 0 Å². The van der Waals surface area contributed by atoms with Crippen LogP contribution in [0.5, 0.6) is 0 Å². The molecule has 0 atom stereocenters. The summed E-state index contributed by atoms with van der Waals surface area (Å²) in [6.45, 7) is 5.50. The summed E-state index contributed by atoms with van der Waals surface area (Å²) in [4.78, 5) is 2.53. The lowest BCUT2D eigenvalue weighted by atomic mass is 9.97. The van der Waals surface area contributed by atoms with Gasteiger partial charge in [-0.1, -0.05) is 54.1 Å². The van der Waals surface area contributed by atoms with E-state index in [1.54, 1.807) is 5.56 Å². The highest BCUT2D eigenvalue weighted by molar-refractivity contribution is 5.33. The molecule has 0 saturated carbocycles. The molecule has 0 bridgehead atoms. The van der Waals surface area contributed by atoms with Crippen molar-refractivity contribution in [3.63, 3.8) is 0 Å². The highest BCUT2D eigenvalue weighted by atomic mass is 15.1. The highest BCUT2D eigenvalue weighted by Crippen LogP contribution is 2.21. The molecule has 3 rings (SSSR count). The monoisotopic (exact) mass is 237 g/mol. The molecule has 0 fully saturated rings. The van der Waals surface area contributed by atoms with Gasteiger partial charge in [-0.15, -0.1) is 0 Å². The standard InChI is InChI=1S/C17H19N/c1-14-7-8-17-13-18(10-9-16(17)11-14)12-15-5-3-2-4-6-15/h2-8,11H,9-10,12-13H2,1H3. The van der Waals surface area contributed by atoms with E-state index in [0.29, 0.717) is 0 Å². The Hall–Kier alpha value is -1.60. The van der Waals surface area contributed by atoms with Crippen molar-refractivity contribution < 1.29 is 0 Å². The normalized spacial score (nSPS) is 15.4. The molecular formula is C17H19N. The van der Waals surface area contributed by atoms with E-state index in [-0.39, 0.29) is 0 Å². The zero-order valence-electron chi connectivity index (χ0n) is 10.9. The number of fused-ring (bicyclic) bond motifs is 1. The van der Waals surface area contributed by atoms with Crippen LogP contribution in [0.25, 0.3) is 0 Å². The van der Waals surface area contributed by atoms with E-state index < -0.39 is 0 Å². The molecule has 1 heterocycles. The maximum atomic E-state index is 2.53. The third-order valence-corrected chi connectivity index (χ3v) is 3.70. The van der Waals surface area contributed by atoms with Gasteiger partial charge in [0.05, 0.1) is 0 Å². The molecule has 0 aromatic heterocycles. The summed E-state index contributed by atoms with van der Waals surface area (Å²) in [7, 11) is 0. The van der Waals surface area contributed by atoms with Gasteiger partial charge in [-0.05, 0) is 30.0 Å². The summed E-state index contributed by atoms with van der Waals surface area (Å²) in [6, 6.07) is 17.6. The molecule has 2 aromatic rings. The van der Waals surface area contributed by atoms with Crippen molar-refractivity contribution in [2.45, 2.75) is 26.4 Å². The van der Waals surface area contributed by atoms with E-state index in [1.807, 2.05) is 0 Å². The Morgan fingerprint density at radius 3 is 2.67 bits per heavy atom. The van der Waals surface area contributed by atoms with Crippen LogP contribution in [0.3, 0.4) is 0 Å². The van der Waals surface area contributed by atoms with E-state index in [4.69, 9.17) is 0 Å². The molecule has 0 unspecified atom stereocenters. The minimum atomic E-state index is 1.06. The average Bonchev–Trinajstić information content (AvgIpc) is 2.40. The lowest BCUT2D eigenvalue weighted by Gasteiger charge is -2.29. The fourth-order valence-corrected chi connectivity index (χ4v) is 2.72. The second kappa shape index (κ2) is 4.95. The Morgan fingerprint density at radius 2 is 1.83 bits per heavy atom. The molecule has 0 N–H and O–H groups in total. The van der Waals surface area contributed by atoms with E-state index >= 15 is 0 Å². The minimum absolute atomic E-state index is 1.06. The van der Waals surface area contributed by atoms with Crippen molar-refractivity contribution in [2.24, 2.45) is 0 Å². The largest absolute Gasteiger partial charge is 0.294 e. The number of rotatable bonds is 2. The summed E-state index contributed by atoms with van der Waals surface area (Å²) in [6.07, 6.45) is 1.18. The molecule has 18 heavy (non-hydrogen) atoms. The number of benzene rings is 2. The van der Waals surface area contributed by atoms with Gasteiger partial charge >= 0.3 is 0 Å². The number of hydrogen-bond donors (Lipinski definition) is 0. The van der Waals surface area contributed by atoms with Crippen LogP contribution in [-0.4, -0.2) is 11.4 Å². The van der Waals surface area contributed by atoms with Gasteiger partial charge in [0.2, 0.25) is 0 Å². The lowest BCUT2D eigenvalue weighted by molar-refractivity contribution is 0.245. The van der Waals surface area contributed by atoms with Crippen molar-refractivity contribution in [1.29, 1.82) is 0 Å². The zero-order chi connectivity index (χ0) is 12.4. The maximum absolute atomic E-state index is 2.53. The zero-order valence-corrected chi connectivity index (χ0v) is 10.9. The summed E-state index contributed by atoms with van der Waals surface area (Å²) >= 11 is 0. The quantitative estimate of drug-likeness (QED) is 0.772. The Bertz CT molecular complexity index is 531. The fourth-order valence-electron chi connectivity index (χ4n) is 2.72. The van der Waals surface area contributed by atoms with Crippen molar-refractivity contribution in [2.75, 3.05) is 6.54 Å². The summed E-state index contributed by atoms with van der Waals surface area (Å²) in [5, 5.41) is 0. The van der Waals surface area contributed by atoms with E-state index in [0.717, 1.165) is 13.1 Å². The second-order valence-electron chi connectivity index (χ2n) is 5.22. The van der Waals surface area contributed by atoms with Gasteiger partial charge in [0, 0.05) is 19.6 Å². The average molecular weight is 237 g/mol. The first kappa shape index (κ1) is 11.5. The van der Waals surface area contributed by atoms with E-state index in [1.165, 1.54) is 29.7 Å². The Balaban J connectivity index is 1.73. The third kappa shape index (κ3) is 2.46. The molecule has 0 amide bonds. The second-order valence-corrected chi connectivity index (χ2v) is 5.22. The smallest absolute Gasteiger partial charge is 0.0240 e. The van der Waals surface area contributed by atoms with Gasteiger partial charge in [-0.3, -0.25) is 4.90 Å². The van der Waals surface area contributed by atoms with Crippen LogP contribution in [0.4, 0.5) is 0 Å². The van der Waals surface area contributed by atoms with Crippen LogP contribution in [0.1, 0.15) is 22.3 Å². The molecule has 0 radical (unpaired) electrons. The third-order valence-electron chi connectivity index (χ3n) is 3.70. The Kier molecular flexibility index (Phi) is 3.16. The fraction of sp³-hybridized carbons (Fsp3) is 0.294. The number of nitrogens with zero attached hydrogens (tertiary/aromatic N) is 1. The maximum Gasteiger partial charge on any atom is 0.0240 e. The van der Waals surface area contributed by atoms with Crippen molar-refractivity contribution in [1.82, 2.24) is 4.90 Å². The lowest BCUT2D eigenvalue weighted by Crippen LogP contribution is -2.30. The molecule has 1 aliphatic rings. The molecule has 1 aliphatic heterocycles. The highest BCUT2D eigenvalue weighted by Gasteiger charge is 2.15. The molecule has 0 aliphatic carbocycles.